The van der Waals surface area contributed by atoms with Gasteiger partial charge in [-0.3, -0.25) is 0 Å². The maximum atomic E-state index is 5.50. The summed E-state index contributed by atoms with van der Waals surface area (Å²) in [6, 6.07) is 21.8. The van der Waals surface area contributed by atoms with E-state index in [1.54, 1.807) is 21.3 Å². The number of methoxy groups -OCH3 is 2. The first-order valence-electron chi connectivity index (χ1n) is 9.86. The average Bonchev–Trinajstić information content (AvgIpc) is 2.83. The van der Waals surface area contributed by atoms with Crippen LogP contribution in [0.4, 0.5) is 11.6 Å². The van der Waals surface area contributed by atoms with Gasteiger partial charge in [0.25, 0.3) is 0 Å². The summed E-state index contributed by atoms with van der Waals surface area (Å²) < 4.78 is 10.9. The van der Waals surface area contributed by atoms with Gasteiger partial charge in [0, 0.05) is 35.4 Å². The molecule has 4 aromatic rings. The molecule has 0 aliphatic rings. The minimum atomic E-state index is 0.529. The molecular formula is C25H24N4O2. The lowest BCUT2D eigenvalue weighted by molar-refractivity contribution is 0.356. The third-order valence-electron chi connectivity index (χ3n) is 4.98. The molecule has 4 rings (SSSR count). The van der Waals surface area contributed by atoms with Crippen molar-refractivity contribution in [2.75, 3.05) is 31.9 Å². The lowest BCUT2D eigenvalue weighted by Gasteiger charge is -2.14. The Hall–Kier alpha value is -4.06. The first-order chi connectivity index (χ1) is 15.1. The molecule has 0 bridgehead atoms. The molecule has 1 heterocycles. The van der Waals surface area contributed by atoms with E-state index in [9.17, 15) is 0 Å². The van der Waals surface area contributed by atoms with E-state index < -0.39 is 0 Å². The molecule has 0 atom stereocenters. The van der Waals surface area contributed by atoms with Crippen molar-refractivity contribution in [2.45, 2.75) is 0 Å². The zero-order valence-corrected chi connectivity index (χ0v) is 17.8. The molecule has 156 valence electrons. The van der Waals surface area contributed by atoms with Crippen LogP contribution in [0.5, 0.6) is 11.5 Å². The molecule has 0 fully saturated rings. The van der Waals surface area contributed by atoms with Gasteiger partial charge >= 0.3 is 0 Å². The van der Waals surface area contributed by atoms with Crippen LogP contribution in [-0.4, -0.2) is 31.2 Å². The van der Waals surface area contributed by atoms with E-state index in [1.807, 2.05) is 60.7 Å². The average molecular weight is 412 g/mol. The number of anilines is 2. The number of rotatable bonds is 7. The van der Waals surface area contributed by atoms with E-state index in [1.165, 1.54) is 0 Å². The van der Waals surface area contributed by atoms with Gasteiger partial charge in [0.2, 0.25) is 5.95 Å². The van der Waals surface area contributed by atoms with Crippen molar-refractivity contribution >= 4 is 28.2 Å². The van der Waals surface area contributed by atoms with Gasteiger partial charge in [-0.15, -0.1) is 0 Å². The van der Waals surface area contributed by atoms with Gasteiger partial charge in [0.1, 0.15) is 0 Å². The highest BCUT2D eigenvalue weighted by atomic mass is 16.5. The van der Waals surface area contributed by atoms with Crippen LogP contribution in [-0.2, 0) is 0 Å². The van der Waals surface area contributed by atoms with Crippen LogP contribution in [0.2, 0.25) is 0 Å². The summed E-state index contributed by atoms with van der Waals surface area (Å²) in [5.41, 5.74) is 5.27. The molecule has 0 saturated carbocycles. The Morgan fingerprint density at radius 2 is 1.61 bits per heavy atom. The van der Waals surface area contributed by atoms with E-state index in [0.29, 0.717) is 17.4 Å². The molecule has 0 aliphatic carbocycles. The smallest absolute Gasteiger partial charge is 0.223 e. The number of nitrogens with one attached hydrogen (secondary N) is 2. The topological polar surface area (TPSA) is 68.3 Å². The fourth-order valence-corrected chi connectivity index (χ4v) is 3.41. The number of hydrogen-bond donors (Lipinski definition) is 2. The fourth-order valence-electron chi connectivity index (χ4n) is 3.41. The normalized spacial score (nSPS) is 10.5. The quantitative estimate of drug-likeness (QED) is 0.421. The van der Waals surface area contributed by atoms with Crippen LogP contribution >= 0.6 is 0 Å². The summed E-state index contributed by atoms with van der Waals surface area (Å²) in [6.45, 7) is 4.21. The van der Waals surface area contributed by atoms with Crippen LogP contribution in [0, 0.1) is 0 Å². The first-order valence-corrected chi connectivity index (χ1v) is 9.86. The minimum Gasteiger partial charge on any atom is -0.493 e. The molecule has 0 amide bonds. The summed E-state index contributed by atoms with van der Waals surface area (Å²) in [4.78, 5) is 9.33. The van der Waals surface area contributed by atoms with Crippen LogP contribution in [0.15, 0.2) is 73.3 Å². The molecule has 0 saturated heterocycles. The minimum absolute atomic E-state index is 0.529. The summed E-state index contributed by atoms with van der Waals surface area (Å²) in [7, 11) is 5.03. The van der Waals surface area contributed by atoms with Crippen molar-refractivity contribution in [1.29, 1.82) is 0 Å². The van der Waals surface area contributed by atoms with Crippen LogP contribution in [0.25, 0.3) is 27.9 Å². The summed E-state index contributed by atoms with van der Waals surface area (Å²) in [5.74, 6) is 1.78. The Labute approximate surface area is 181 Å². The number of aromatic nitrogens is 2. The Bertz CT molecular complexity index is 1240. The number of hydrogen-bond acceptors (Lipinski definition) is 6. The number of fused-ring (bicyclic) bond motifs is 1. The Kier molecular flexibility index (Phi) is 5.71. The standard InChI is InChI=1S/C25H24N4O2/c1-16(27-19-11-6-5-7-12-19)17-9-8-10-18(13-17)24-20-14-22(30-3)23(31-4)15-21(20)28-25(26-2)29-24/h5-15,27H,1H2,2-4H3,(H,26,28,29). The third kappa shape index (κ3) is 4.14. The second-order valence-corrected chi connectivity index (χ2v) is 6.92. The molecule has 0 radical (unpaired) electrons. The van der Waals surface area contributed by atoms with Crippen molar-refractivity contribution in [3.8, 4) is 22.8 Å². The van der Waals surface area contributed by atoms with Gasteiger partial charge < -0.3 is 20.1 Å². The predicted octanol–water partition coefficient (Wildman–Crippen LogP) is 5.44. The maximum absolute atomic E-state index is 5.50. The Balaban J connectivity index is 1.81. The molecule has 1 aromatic heterocycles. The third-order valence-corrected chi connectivity index (χ3v) is 4.98. The van der Waals surface area contributed by atoms with Crippen molar-refractivity contribution in [3.05, 3.63) is 78.9 Å². The highest BCUT2D eigenvalue weighted by molar-refractivity contribution is 5.96. The fraction of sp³-hybridized carbons (Fsp3) is 0.120. The maximum Gasteiger partial charge on any atom is 0.223 e. The van der Waals surface area contributed by atoms with E-state index >= 15 is 0 Å². The van der Waals surface area contributed by atoms with Crippen LogP contribution in [0.1, 0.15) is 5.56 Å². The Morgan fingerprint density at radius 3 is 2.32 bits per heavy atom. The van der Waals surface area contributed by atoms with Gasteiger partial charge in [-0.25, -0.2) is 9.97 Å². The molecule has 6 nitrogen and oxygen atoms in total. The van der Waals surface area contributed by atoms with E-state index in [2.05, 4.69) is 28.3 Å². The molecule has 3 aromatic carbocycles. The van der Waals surface area contributed by atoms with Gasteiger partial charge in [0.05, 0.1) is 25.4 Å². The summed E-state index contributed by atoms with van der Waals surface area (Å²) in [5, 5.41) is 7.27. The zero-order chi connectivity index (χ0) is 21.8. The van der Waals surface area contributed by atoms with E-state index in [4.69, 9.17) is 14.5 Å². The van der Waals surface area contributed by atoms with E-state index in [-0.39, 0.29) is 0 Å². The first kappa shape index (κ1) is 20.2. The van der Waals surface area contributed by atoms with Gasteiger partial charge in [0.15, 0.2) is 11.5 Å². The van der Waals surface area contributed by atoms with Crippen LogP contribution < -0.4 is 20.1 Å². The monoisotopic (exact) mass is 412 g/mol. The number of para-hydroxylation sites is 1. The molecule has 2 N–H and O–H groups in total. The Morgan fingerprint density at radius 1 is 0.871 bits per heavy atom. The van der Waals surface area contributed by atoms with Crippen molar-refractivity contribution in [2.24, 2.45) is 0 Å². The lowest BCUT2D eigenvalue weighted by atomic mass is 10.0. The van der Waals surface area contributed by atoms with Crippen molar-refractivity contribution in [3.63, 3.8) is 0 Å². The number of benzene rings is 3. The summed E-state index contributed by atoms with van der Waals surface area (Å²) in [6.07, 6.45) is 0. The molecule has 31 heavy (non-hydrogen) atoms. The molecule has 6 heteroatoms. The van der Waals surface area contributed by atoms with Gasteiger partial charge in [-0.1, -0.05) is 43.0 Å². The highest BCUT2D eigenvalue weighted by Gasteiger charge is 2.15. The molecule has 0 aliphatic heterocycles. The largest absolute Gasteiger partial charge is 0.493 e. The number of ether oxygens (including phenoxy) is 2. The molecule has 0 spiro atoms. The second-order valence-electron chi connectivity index (χ2n) is 6.92. The zero-order valence-electron chi connectivity index (χ0n) is 17.8. The molecule has 0 unspecified atom stereocenters. The van der Waals surface area contributed by atoms with E-state index in [0.717, 1.165) is 39.1 Å². The van der Waals surface area contributed by atoms with Gasteiger partial charge in [-0.2, -0.15) is 0 Å². The highest BCUT2D eigenvalue weighted by Crippen LogP contribution is 2.36. The predicted molar refractivity (Wildman–Crippen MR) is 127 cm³/mol. The number of nitrogens with zero attached hydrogens (tertiary/aromatic N) is 2. The van der Waals surface area contributed by atoms with Crippen molar-refractivity contribution in [1.82, 2.24) is 9.97 Å². The van der Waals surface area contributed by atoms with Gasteiger partial charge in [-0.05, 0) is 29.8 Å². The second kappa shape index (κ2) is 8.75. The van der Waals surface area contributed by atoms with Crippen molar-refractivity contribution < 1.29 is 9.47 Å². The summed E-state index contributed by atoms with van der Waals surface area (Å²) >= 11 is 0. The lowest BCUT2D eigenvalue weighted by Crippen LogP contribution is -2.01. The molecular weight excluding hydrogens is 388 g/mol. The van der Waals surface area contributed by atoms with Crippen LogP contribution in [0.3, 0.4) is 0 Å². The SMILES string of the molecule is C=C(Nc1ccccc1)c1cccc(-c2nc(NC)nc3cc(OC)c(OC)cc23)c1.